The lowest BCUT2D eigenvalue weighted by atomic mass is 9.95. The number of carbonyl (C=O) groups is 1. The zero-order valence-electron chi connectivity index (χ0n) is 13.8. The Morgan fingerprint density at radius 1 is 1.42 bits per heavy atom. The Morgan fingerprint density at radius 3 is 2.83 bits per heavy atom. The molecule has 0 saturated carbocycles. The van der Waals surface area contributed by atoms with E-state index in [1.807, 2.05) is 19.1 Å². The van der Waals surface area contributed by atoms with Gasteiger partial charge in [0.15, 0.2) is 0 Å². The molecule has 1 aliphatic heterocycles. The number of aromatic nitrogens is 3. The molecule has 6 heteroatoms. The van der Waals surface area contributed by atoms with E-state index < -0.39 is 0 Å². The van der Waals surface area contributed by atoms with E-state index in [0.29, 0.717) is 17.2 Å². The van der Waals surface area contributed by atoms with Crippen molar-refractivity contribution in [2.45, 2.75) is 26.3 Å². The lowest BCUT2D eigenvalue weighted by molar-refractivity contribution is -0.138. The average molecular weight is 324 g/mol. The second-order valence-electron chi connectivity index (χ2n) is 5.58. The largest absolute Gasteiger partial charge is 0.458 e. The summed E-state index contributed by atoms with van der Waals surface area (Å²) in [6, 6.07) is 7.81. The highest BCUT2D eigenvalue weighted by molar-refractivity contribution is 5.92. The van der Waals surface area contributed by atoms with Crippen LogP contribution in [-0.2, 0) is 16.0 Å². The van der Waals surface area contributed by atoms with Crippen molar-refractivity contribution in [1.82, 2.24) is 14.8 Å². The highest BCUT2D eigenvalue weighted by Crippen LogP contribution is 2.35. The van der Waals surface area contributed by atoms with Crippen LogP contribution in [0.4, 0.5) is 5.95 Å². The summed E-state index contributed by atoms with van der Waals surface area (Å²) in [4.78, 5) is 16.8. The highest BCUT2D eigenvalue weighted by Gasteiger charge is 2.34. The second kappa shape index (κ2) is 6.70. The van der Waals surface area contributed by atoms with Crippen molar-refractivity contribution in [2.75, 3.05) is 11.9 Å². The molecule has 0 spiro atoms. The Balaban J connectivity index is 2.06. The van der Waals surface area contributed by atoms with Gasteiger partial charge in [-0.1, -0.05) is 43.8 Å². The van der Waals surface area contributed by atoms with Crippen LogP contribution in [0.25, 0.3) is 0 Å². The molecule has 2 aromatic rings. The van der Waals surface area contributed by atoms with E-state index in [1.165, 1.54) is 11.9 Å². The molecule has 1 aromatic carbocycles. The first kappa shape index (κ1) is 16.0. The Morgan fingerprint density at radius 2 is 2.17 bits per heavy atom. The van der Waals surface area contributed by atoms with Crippen molar-refractivity contribution in [3.05, 3.63) is 65.6 Å². The number of aryl methyl sites for hydroxylation is 1. The van der Waals surface area contributed by atoms with E-state index in [0.717, 1.165) is 12.0 Å². The molecular formula is C18H20N4O2. The molecule has 0 unspecified atom stereocenters. The number of esters is 1. The first-order valence-corrected chi connectivity index (χ1v) is 7.89. The van der Waals surface area contributed by atoms with Gasteiger partial charge in [0, 0.05) is 5.70 Å². The van der Waals surface area contributed by atoms with Gasteiger partial charge in [-0.2, -0.15) is 10.1 Å². The number of fused-ring (bicyclic) bond motifs is 1. The fourth-order valence-electron chi connectivity index (χ4n) is 2.81. The number of carbonyl (C=O) groups excluding carboxylic acids is 1. The van der Waals surface area contributed by atoms with Crippen molar-refractivity contribution in [1.29, 1.82) is 0 Å². The topological polar surface area (TPSA) is 69.0 Å². The van der Waals surface area contributed by atoms with E-state index in [9.17, 15) is 4.79 Å². The lowest BCUT2D eigenvalue weighted by Crippen LogP contribution is -2.29. The van der Waals surface area contributed by atoms with Crippen LogP contribution in [0.1, 0.15) is 31.0 Å². The van der Waals surface area contributed by atoms with E-state index in [-0.39, 0.29) is 18.6 Å². The van der Waals surface area contributed by atoms with E-state index in [1.54, 1.807) is 10.8 Å². The van der Waals surface area contributed by atoms with Crippen molar-refractivity contribution < 1.29 is 9.53 Å². The van der Waals surface area contributed by atoms with Gasteiger partial charge in [-0.25, -0.2) is 9.48 Å². The number of allylic oxidation sites excluding steroid dienone is 1. The van der Waals surface area contributed by atoms with Gasteiger partial charge in [0.1, 0.15) is 19.0 Å². The highest BCUT2D eigenvalue weighted by atomic mass is 16.5. The molecule has 0 aliphatic carbocycles. The van der Waals surface area contributed by atoms with Gasteiger partial charge in [-0.05, 0) is 24.5 Å². The molecular weight excluding hydrogens is 304 g/mol. The molecule has 0 bridgehead atoms. The van der Waals surface area contributed by atoms with Crippen LogP contribution in [0.3, 0.4) is 0 Å². The number of hydrogen-bond acceptors (Lipinski definition) is 5. The SMILES string of the molecule is C=CCOC(=O)C1=C(C)Nc2ncnn2[C@H]1c1ccc(CC)cc1. The Kier molecular flexibility index (Phi) is 4.46. The minimum Gasteiger partial charge on any atom is -0.458 e. The number of hydrogen-bond donors (Lipinski definition) is 1. The van der Waals surface area contributed by atoms with Gasteiger partial charge in [0.25, 0.3) is 0 Å². The summed E-state index contributed by atoms with van der Waals surface area (Å²) in [6.07, 6.45) is 3.99. The Bertz CT molecular complexity index is 790. The maximum atomic E-state index is 12.6. The molecule has 6 nitrogen and oxygen atoms in total. The monoisotopic (exact) mass is 324 g/mol. The summed E-state index contributed by atoms with van der Waals surface area (Å²) in [7, 11) is 0. The molecule has 3 rings (SSSR count). The first-order valence-electron chi connectivity index (χ1n) is 7.89. The molecule has 1 aliphatic rings. The molecule has 1 atom stereocenters. The molecule has 124 valence electrons. The smallest absolute Gasteiger partial charge is 0.338 e. The van der Waals surface area contributed by atoms with Gasteiger partial charge in [-0.3, -0.25) is 0 Å². The van der Waals surface area contributed by atoms with Gasteiger partial charge < -0.3 is 10.1 Å². The summed E-state index contributed by atoms with van der Waals surface area (Å²) in [5, 5.41) is 7.40. The molecule has 1 aromatic heterocycles. The number of anilines is 1. The zero-order chi connectivity index (χ0) is 17.1. The van der Waals surface area contributed by atoms with Crippen LogP contribution < -0.4 is 5.32 Å². The predicted octanol–water partition coefficient (Wildman–Crippen LogP) is 2.86. The first-order chi connectivity index (χ1) is 11.7. The van der Waals surface area contributed by atoms with Crippen molar-refractivity contribution >= 4 is 11.9 Å². The number of ether oxygens (including phenoxy) is 1. The third-order valence-corrected chi connectivity index (χ3v) is 4.05. The minimum absolute atomic E-state index is 0.168. The van der Waals surface area contributed by atoms with Crippen molar-refractivity contribution in [2.24, 2.45) is 0 Å². The second-order valence-corrected chi connectivity index (χ2v) is 5.58. The number of nitrogens with one attached hydrogen (secondary N) is 1. The van der Waals surface area contributed by atoms with Gasteiger partial charge in [-0.15, -0.1) is 0 Å². The average Bonchev–Trinajstić information content (AvgIpc) is 3.06. The van der Waals surface area contributed by atoms with E-state index >= 15 is 0 Å². The van der Waals surface area contributed by atoms with Crippen LogP contribution in [0.15, 0.2) is 54.5 Å². The molecule has 24 heavy (non-hydrogen) atoms. The fraction of sp³-hybridized carbons (Fsp3) is 0.278. The lowest BCUT2D eigenvalue weighted by Gasteiger charge is -2.28. The maximum absolute atomic E-state index is 12.6. The third-order valence-electron chi connectivity index (χ3n) is 4.05. The molecule has 0 radical (unpaired) electrons. The summed E-state index contributed by atoms with van der Waals surface area (Å²) in [5.74, 6) is 0.225. The maximum Gasteiger partial charge on any atom is 0.338 e. The number of nitrogens with zero attached hydrogens (tertiary/aromatic N) is 3. The van der Waals surface area contributed by atoms with E-state index in [2.05, 4.69) is 41.0 Å². The molecule has 0 saturated heterocycles. The quantitative estimate of drug-likeness (QED) is 0.676. The molecule has 0 fully saturated rings. The van der Waals surface area contributed by atoms with Crippen LogP contribution in [0, 0.1) is 0 Å². The Labute approximate surface area is 140 Å². The number of benzene rings is 1. The standard InChI is InChI=1S/C18H20N4O2/c1-4-10-24-17(23)15-12(3)21-18-19-11-20-22(18)16(15)14-8-6-13(5-2)7-9-14/h4,6-9,11,16H,1,5,10H2,2-3H3,(H,19,20,21)/t16-/m0/s1. The molecule has 2 heterocycles. The minimum atomic E-state index is -0.384. The summed E-state index contributed by atoms with van der Waals surface area (Å²) >= 11 is 0. The van der Waals surface area contributed by atoms with Crippen LogP contribution in [-0.4, -0.2) is 27.3 Å². The van der Waals surface area contributed by atoms with Crippen LogP contribution >= 0.6 is 0 Å². The zero-order valence-corrected chi connectivity index (χ0v) is 13.8. The Hall–Kier alpha value is -2.89. The molecule has 1 N–H and O–H groups in total. The van der Waals surface area contributed by atoms with Crippen molar-refractivity contribution in [3.8, 4) is 0 Å². The van der Waals surface area contributed by atoms with E-state index in [4.69, 9.17) is 4.74 Å². The summed E-state index contributed by atoms with van der Waals surface area (Å²) < 4.78 is 6.98. The van der Waals surface area contributed by atoms with Crippen molar-refractivity contribution in [3.63, 3.8) is 0 Å². The number of rotatable bonds is 5. The van der Waals surface area contributed by atoms with Crippen LogP contribution in [0.5, 0.6) is 0 Å². The van der Waals surface area contributed by atoms with Crippen LogP contribution in [0.2, 0.25) is 0 Å². The normalized spacial score (nSPS) is 16.3. The summed E-state index contributed by atoms with van der Waals surface area (Å²) in [5.41, 5.74) is 3.45. The summed E-state index contributed by atoms with van der Waals surface area (Å²) in [6.45, 7) is 7.70. The van der Waals surface area contributed by atoms with Gasteiger partial charge in [0.05, 0.1) is 5.57 Å². The van der Waals surface area contributed by atoms with Gasteiger partial charge >= 0.3 is 5.97 Å². The third kappa shape index (κ3) is 2.82. The van der Waals surface area contributed by atoms with Gasteiger partial charge in [0.2, 0.25) is 5.95 Å². The predicted molar refractivity (Wildman–Crippen MR) is 91.5 cm³/mol. The molecule has 0 amide bonds. The fourth-order valence-corrected chi connectivity index (χ4v) is 2.81.